The summed E-state index contributed by atoms with van der Waals surface area (Å²) in [6.07, 6.45) is -0.0778. The highest BCUT2D eigenvalue weighted by molar-refractivity contribution is 7.80. The lowest BCUT2D eigenvalue weighted by Crippen LogP contribution is -2.30. The highest BCUT2D eigenvalue weighted by Crippen LogP contribution is 2.56. The first-order valence-electron chi connectivity index (χ1n) is 20.5. The van der Waals surface area contributed by atoms with Crippen LogP contribution in [0.5, 0.6) is 0 Å². The van der Waals surface area contributed by atoms with Crippen molar-refractivity contribution in [3.05, 3.63) is 242 Å². The molecule has 11 rings (SSSR count). The van der Waals surface area contributed by atoms with Crippen LogP contribution in [-0.2, 0) is 0 Å². The summed E-state index contributed by atoms with van der Waals surface area (Å²) >= 11 is 0. The maximum atomic E-state index is 4.21. The lowest BCUT2D eigenvalue weighted by molar-refractivity contribution is 0.820. The van der Waals surface area contributed by atoms with Crippen LogP contribution in [0.15, 0.2) is 237 Å². The first-order chi connectivity index (χ1) is 29.8. The molecule has 2 heterocycles. The maximum absolute atomic E-state index is 4.21. The van der Waals surface area contributed by atoms with Gasteiger partial charge in [-0.3, -0.25) is 0 Å². The van der Waals surface area contributed by atoms with Crippen molar-refractivity contribution in [1.82, 2.24) is 0 Å². The normalized spacial score (nSPS) is 13.7. The van der Waals surface area contributed by atoms with Crippen molar-refractivity contribution in [3.8, 4) is 11.1 Å². The molecule has 5 heteroatoms. The van der Waals surface area contributed by atoms with Gasteiger partial charge >= 0.3 is 0 Å². The summed E-state index contributed by atoms with van der Waals surface area (Å²) < 4.78 is 0. The van der Waals surface area contributed by atoms with Gasteiger partial charge in [0.05, 0.1) is 17.1 Å². The molecule has 1 unspecified atom stereocenters. The monoisotopic (exact) mass is 822 g/mol. The van der Waals surface area contributed by atoms with Crippen LogP contribution in [0.2, 0.25) is 0 Å². The molecule has 2 nitrogen and oxygen atoms in total. The van der Waals surface area contributed by atoms with Gasteiger partial charge in [0.15, 0.2) is 0 Å². The molecule has 0 aromatic heterocycles. The minimum atomic E-state index is -0.837. The minimum Gasteiger partial charge on any atom is -0.359 e. The number of hydrogen-bond acceptors (Lipinski definition) is 2. The van der Waals surface area contributed by atoms with Gasteiger partial charge in [0, 0.05) is 16.4 Å². The third-order valence-electron chi connectivity index (χ3n) is 11.5. The number of fused-ring (bicyclic) bond motifs is 8. The summed E-state index contributed by atoms with van der Waals surface area (Å²) in [6, 6.07) is 88.0. The topological polar surface area (TPSA) is 15.3 Å². The van der Waals surface area contributed by atoms with Gasteiger partial charge in [-0.2, -0.15) is 0 Å². The Kier molecular flexibility index (Phi) is 9.93. The zero-order valence-corrected chi connectivity index (χ0v) is 35.6. The van der Waals surface area contributed by atoms with E-state index in [2.05, 4.69) is 247 Å². The summed E-state index contributed by atoms with van der Waals surface area (Å²) in [6.45, 7) is 0. The van der Waals surface area contributed by atoms with Gasteiger partial charge in [-0.1, -0.05) is 212 Å². The predicted molar refractivity (Wildman–Crippen MR) is 263 cm³/mol. The number of benzene rings is 9. The third-order valence-corrected chi connectivity index (χ3v) is 18.9. The van der Waals surface area contributed by atoms with Crippen molar-refractivity contribution < 1.29 is 0 Å². The van der Waals surface area contributed by atoms with E-state index in [0.29, 0.717) is 0 Å². The largest absolute Gasteiger partial charge is 0.359 e. The lowest BCUT2D eigenvalue weighted by Gasteiger charge is -2.36. The fraction of sp³-hybridized carbons (Fsp3) is 0.0182. The summed E-state index contributed by atoms with van der Waals surface area (Å²) in [7, 11) is -2.42. The Balaban J connectivity index is 1.13. The first-order valence-corrected chi connectivity index (χ1v) is 24.5. The first kappa shape index (κ1) is 36.9. The molecule has 2 aliphatic rings. The van der Waals surface area contributed by atoms with Crippen LogP contribution in [0.3, 0.4) is 0 Å². The molecule has 9 aromatic rings. The van der Waals surface area contributed by atoms with E-state index in [4.69, 9.17) is 0 Å². The van der Waals surface area contributed by atoms with Gasteiger partial charge in [-0.05, 0) is 96.0 Å². The molecule has 2 aliphatic heterocycles. The Morgan fingerprint density at radius 2 is 0.733 bits per heavy atom. The molecule has 1 atom stereocenters. The van der Waals surface area contributed by atoms with Gasteiger partial charge in [0.25, 0.3) is 0 Å². The standard InChI is InChI=1S/C55H41N2P3/c1-7-20-40(21-8-1)58(41-22-9-2-10-23-41)46-34-36-48-49-38-47(59(42-24-11-3-12-25-42)43-26-13-4-14-27-43)35-37-51(49)57-52-32-19-33-53(54(52)56-55(57)50(48)39-46)60(44-28-15-5-16-29-44)45-30-17-6-18-31-45/h1-39,55-56H. The predicted octanol–water partition coefficient (Wildman–Crippen LogP) is 10.2. The molecular weight excluding hydrogens is 782 g/mol. The summed E-state index contributed by atoms with van der Waals surface area (Å²) in [5.74, 6) is 0. The fourth-order valence-electron chi connectivity index (χ4n) is 8.92. The van der Waals surface area contributed by atoms with E-state index < -0.39 is 23.8 Å². The van der Waals surface area contributed by atoms with Crippen molar-refractivity contribution in [2.24, 2.45) is 0 Å². The van der Waals surface area contributed by atoms with Crippen LogP contribution in [-0.4, -0.2) is 0 Å². The molecule has 9 aromatic carbocycles. The highest BCUT2D eigenvalue weighted by Gasteiger charge is 2.41. The SMILES string of the molecule is c1ccc(P(c2ccccc2)c2ccc3c(c2)-c2ccc(P(c4ccccc4)c4ccccc4)cc2C2Nc4c(cccc4P(c4ccccc4)c4ccccc4)N32)cc1. The van der Waals surface area contributed by atoms with Crippen LogP contribution < -0.4 is 58.0 Å². The van der Waals surface area contributed by atoms with Gasteiger partial charge in [-0.15, -0.1) is 0 Å². The van der Waals surface area contributed by atoms with Gasteiger partial charge in [0.1, 0.15) is 6.17 Å². The second-order valence-electron chi connectivity index (χ2n) is 15.1. The summed E-state index contributed by atoms with van der Waals surface area (Å²) in [5, 5.41) is 16.4. The second-order valence-corrected chi connectivity index (χ2v) is 21.7. The van der Waals surface area contributed by atoms with Gasteiger partial charge in [-0.25, -0.2) is 0 Å². The van der Waals surface area contributed by atoms with Crippen molar-refractivity contribution in [2.75, 3.05) is 10.2 Å². The number of nitrogens with zero attached hydrogens (tertiary/aromatic N) is 1. The average molecular weight is 823 g/mol. The number of hydrogen-bond donors (Lipinski definition) is 1. The number of nitrogens with one attached hydrogen (secondary N) is 1. The molecule has 0 bridgehead atoms. The van der Waals surface area contributed by atoms with Crippen LogP contribution in [0.1, 0.15) is 11.7 Å². The second kappa shape index (κ2) is 16.1. The quantitative estimate of drug-likeness (QED) is 0.146. The van der Waals surface area contributed by atoms with Crippen molar-refractivity contribution in [2.45, 2.75) is 6.17 Å². The Labute approximate surface area is 356 Å². The van der Waals surface area contributed by atoms with Crippen LogP contribution in [0.4, 0.5) is 17.1 Å². The maximum Gasteiger partial charge on any atom is 0.131 e. The number of anilines is 3. The molecule has 286 valence electrons. The van der Waals surface area contributed by atoms with E-state index in [0.717, 1.165) is 0 Å². The Morgan fingerprint density at radius 1 is 0.317 bits per heavy atom. The van der Waals surface area contributed by atoms with E-state index >= 15 is 0 Å². The molecule has 0 saturated heterocycles. The van der Waals surface area contributed by atoms with Crippen molar-refractivity contribution >= 4 is 88.6 Å². The molecule has 0 fully saturated rings. The lowest BCUT2D eigenvalue weighted by atomic mass is 9.91. The molecule has 0 saturated carbocycles. The van der Waals surface area contributed by atoms with Crippen molar-refractivity contribution in [1.29, 1.82) is 0 Å². The summed E-state index contributed by atoms with van der Waals surface area (Å²) in [4.78, 5) is 2.59. The molecule has 60 heavy (non-hydrogen) atoms. The fourth-order valence-corrected chi connectivity index (χ4v) is 16.0. The van der Waals surface area contributed by atoms with Gasteiger partial charge in [0.2, 0.25) is 0 Å². The Hall–Kier alpha value is -6.13. The van der Waals surface area contributed by atoms with Gasteiger partial charge < -0.3 is 10.2 Å². The molecule has 0 radical (unpaired) electrons. The number of rotatable bonds is 9. The molecule has 0 spiro atoms. The smallest absolute Gasteiger partial charge is 0.131 e. The van der Waals surface area contributed by atoms with E-state index in [1.54, 1.807) is 0 Å². The Bertz CT molecular complexity index is 2790. The van der Waals surface area contributed by atoms with Crippen molar-refractivity contribution in [3.63, 3.8) is 0 Å². The number of para-hydroxylation sites is 1. The van der Waals surface area contributed by atoms with Crippen LogP contribution in [0, 0.1) is 0 Å². The molecule has 0 amide bonds. The molecule has 1 N–H and O–H groups in total. The highest BCUT2D eigenvalue weighted by atomic mass is 31.1. The van der Waals surface area contributed by atoms with E-state index in [1.807, 2.05) is 0 Å². The minimum absolute atomic E-state index is 0.0778. The van der Waals surface area contributed by atoms with E-state index in [1.165, 1.54) is 81.5 Å². The third kappa shape index (κ3) is 6.67. The zero-order valence-electron chi connectivity index (χ0n) is 32.9. The molecular formula is C55H41N2P3. The summed E-state index contributed by atoms with van der Waals surface area (Å²) in [5.41, 5.74) is 7.57. The zero-order chi connectivity index (χ0) is 39.8. The average Bonchev–Trinajstić information content (AvgIpc) is 3.73. The van der Waals surface area contributed by atoms with E-state index in [9.17, 15) is 0 Å². The Morgan fingerprint density at radius 3 is 1.20 bits per heavy atom. The van der Waals surface area contributed by atoms with Crippen LogP contribution in [0.25, 0.3) is 11.1 Å². The molecule has 0 aliphatic carbocycles. The van der Waals surface area contributed by atoms with Crippen LogP contribution >= 0.6 is 23.8 Å². The van der Waals surface area contributed by atoms with E-state index in [-0.39, 0.29) is 6.17 Å².